The van der Waals surface area contributed by atoms with Crippen molar-refractivity contribution >= 4 is 38.9 Å². The van der Waals surface area contributed by atoms with Crippen molar-refractivity contribution in [2.24, 2.45) is 5.92 Å². The van der Waals surface area contributed by atoms with E-state index in [2.05, 4.69) is 5.32 Å². The average Bonchev–Trinajstić information content (AvgIpc) is 2.97. The maximum atomic E-state index is 12.6. The first-order valence-corrected chi connectivity index (χ1v) is 10.3. The third-order valence-corrected chi connectivity index (χ3v) is 7.65. The molecule has 0 aliphatic carbocycles. The average molecular weight is 370 g/mol. The lowest BCUT2D eigenvalue weighted by atomic mass is 9.95. The Balaban J connectivity index is 1.74. The van der Waals surface area contributed by atoms with Gasteiger partial charge in [0.1, 0.15) is 0 Å². The number of sulfone groups is 1. The van der Waals surface area contributed by atoms with Crippen LogP contribution in [0.1, 0.15) is 29.4 Å². The van der Waals surface area contributed by atoms with Crippen LogP contribution in [0.5, 0.6) is 0 Å². The SMILES string of the molecule is O=C1CC(C(=O)N2CC[C@H](c3cccs3)S(=O)(=O)CC2)CC(=O)N1. The highest BCUT2D eigenvalue weighted by molar-refractivity contribution is 7.91. The van der Waals surface area contributed by atoms with Crippen molar-refractivity contribution in [1.82, 2.24) is 10.2 Å². The van der Waals surface area contributed by atoms with Crippen molar-refractivity contribution in [1.29, 1.82) is 0 Å². The van der Waals surface area contributed by atoms with Crippen molar-refractivity contribution in [3.05, 3.63) is 22.4 Å². The molecule has 0 saturated carbocycles. The van der Waals surface area contributed by atoms with Gasteiger partial charge in [-0.25, -0.2) is 8.42 Å². The first-order chi connectivity index (χ1) is 11.4. The van der Waals surface area contributed by atoms with Gasteiger partial charge in [0.15, 0.2) is 9.84 Å². The Bertz CT molecular complexity index is 741. The lowest BCUT2D eigenvalue weighted by molar-refractivity contribution is -0.145. The molecule has 0 aromatic carbocycles. The molecule has 1 N–H and O–H groups in total. The van der Waals surface area contributed by atoms with Crippen LogP contribution in [0.3, 0.4) is 0 Å². The molecule has 2 aliphatic heterocycles. The molecular weight excluding hydrogens is 352 g/mol. The fraction of sp³-hybridized carbons (Fsp3) is 0.533. The molecule has 2 saturated heterocycles. The summed E-state index contributed by atoms with van der Waals surface area (Å²) in [6.07, 6.45) is 0.284. The summed E-state index contributed by atoms with van der Waals surface area (Å²) in [6, 6.07) is 3.62. The topological polar surface area (TPSA) is 101 Å². The Morgan fingerprint density at radius 1 is 1.21 bits per heavy atom. The molecular formula is C15H18N2O5S2. The van der Waals surface area contributed by atoms with Crippen molar-refractivity contribution in [3.8, 4) is 0 Å². The van der Waals surface area contributed by atoms with E-state index >= 15 is 0 Å². The second-order valence-corrected chi connectivity index (χ2v) is 9.34. The number of amides is 3. The maximum absolute atomic E-state index is 12.6. The molecule has 3 amide bonds. The lowest BCUT2D eigenvalue weighted by Crippen LogP contribution is -2.46. The highest BCUT2D eigenvalue weighted by Crippen LogP contribution is 2.33. The molecule has 1 aromatic rings. The number of hydrogen-bond donors (Lipinski definition) is 1. The monoisotopic (exact) mass is 370 g/mol. The number of thiophene rings is 1. The molecule has 9 heteroatoms. The number of hydrogen-bond acceptors (Lipinski definition) is 6. The molecule has 3 heterocycles. The highest BCUT2D eigenvalue weighted by atomic mass is 32.2. The molecule has 0 unspecified atom stereocenters. The van der Waals surface area contributed by atoms with Gasteiger partial charge in [-0.3, -0.25) is 19.7 Å². The van der Waals surface area contributed by atoms with E-state index in [0.717, 1.165) is 4.88 Å². The molecule has 0 bridgehead atoms. The summed E-state index contributed by atoms with van der Waals surface area (Å²) < 4.78 is 25.0. The van der Waals surface area contributed by atoms with Gasteiger partial charge in [-0.05, 0) is 17.9 Å². The fourth-order valence-corrected chi connectivity index (χ4v) is 6.17. The van der Waals surface area contributed by atoms with Crippen LogP contribution in [0.15, 0.2) is 17.5 Å². The van der Waals surface area contributed by atoms with Crippen molar-refractivity contribution in [3.63, 3.8) is 0 Å². The zero-order valence-electron chi connectivity index (χ0n) is 12.9. The molecule has 2 fully saturated rings. The Morgan fingerprint density at radius 3 is 2.54 bits per heavy atom. The van der Waals surface area contributed by atoms with Gasteiger partial charge in [0, 0.05) is 30.8 Å². The van der Waals surface area contributed by atoms with Gasteiger partial charge >= 0.3 is 0 Å². The molecule has 7 nitrogen and oxygen atoms in total. The maximum Gasteiger partial charge on any atom is 0.227 e. The standard InChI is InChI=1S/C15H18N2O5S2/c18-13-8-10(9-14(19)16-13)15(20)17-4-3-12(11-2-1-6-23-11)24(21,22)7-5-17/h1-2,6,10,12H,3-5,7-9H2,(H,16,18,19)/t12-/m1/s1. The quantitative estimate of drug-likeness (QED) is 0.764. The second-order valence-electron chi connectivity index (χ2n) is 6.06. The minimum atomic E-state index is -3.33. The molecule has 24 heavy (non-hydrogen) atoms. The van der Waals surface area contributed by atoms with Crippen LogP contribution in [0.2, 0.25) is 0 Å². The number of imide groups is 1. The van der Waals surface area contributed by atoms with Gasteiger partial charge in [0.25, 0.3) is 0 Å². The van der Waals surface area contributed by atoms with Crippen LogP contribution < -0.4 is 5.32 Å². The Labute approximate surface area is 143 Å². The normalized spacial score (nSPS) is 25.2. The summed E-state index contributed by atoms with van der Waals surface area (Å²) >= 11 is 1.40. The van der Waals surface area contributed by atoms with E-state index in [1.165, 1.54) is 16.2 Å². The smallest absolute Gasteiger partial charge is 0.227 e. The minimum Gasteiger partial charge on any atom is -0.341 e. The summed E-state index contributed by atoms with van der Waals surface area (Å²) in [6.45, 7) is 0.419. The summed E-state index contributed by atoms with van der Waals surface area (Å²) in [5.74, 6) is -2.01. The predicted molar refractivity (Wildman–Crippen MR) is 87.9 cm³/mol. The molecule has 130 valence electrons. The summed E-state index contributed by atoms with van der Waals surface area (Å²) in [5, 5.41) is 3.42. The number of nitrogens with zero attached hydrogens (tertiary/aromatic N) is 1. The summed E-state index contributed by atoms with van der Waals surface area (Å²) in [4.78, 5) is 37.8. The molecule has 0 radical (unpaired) electrons. The molecule has 2 aliphatic rings. The number of rotatable bonds is 2. The van der Waals surface area contributed by atoms with E-state index in [0.29, 0.717) is 13.0 Å². The zero-order chi connectivity index (χ0) is 17.3. The summed E-state index contributed by atoms with van der Waals surface area (Å²) in [7, 11) is -3.33. The van der Waals surface area contributed by atoms with Crippen molar-refractivity contribution < 1.29 is 22.8 Å². The van der Waals surface area contributed by atoms with E-state index in [9.17, 15) is 22.8 Å². The van der Waals surface area contributed by atoms with E-state index in [1.807, 2.05) is 11.4 Å². The van der Waals surface area contributed by atoms with Crippen LogP contribution in [0.4, 0.5) is 0 Å². The van der Waals surface area contributed by atoms with E-state index in [-0.39, 0.29) is 31.0 Å². The van der Waals surface area contributed by atoms with Gasteiger partial charge in [-0.2, -0.15) is 0 Å². The highest BCUT2D eigenvalue weighted by Gasteiger charge is 2.37. The van der Waals surface area contributed by atoms with Crippen LogP contribution in [-0.4, -0.2) is 49.9 Å². The largest absolute Gasteiger partial charge is 0.341 e. The van der Waals surface area contributed by atoms with E-state index in [1.54, 1.807) is 6.07 Å². The first kappa shape index (κ1) is 17.1. The minimum absolute atomic E-state index is 0.0256. The van der Waals surface area contributed by atoms with Crippen LogP contribution in [0, 0.1) is 5.92 Å². The van der Waals surface area contributed by atoms with E-state index in [4.69, 9.17) is 0 Å². The van der Waals surface area contributed by atoms with Crippen LogP contribution in [-0.2, 0) is 24.2 Å². The Morgan fingerprint density at radius 2 is 1.92 bits per heavy atom. The lowest BCUT2D eigenvalue weighted by Gasteiger charge is -2.27. The Kier molecular flexibility index (Phi) is 4.73. The van der Waals surface area contributed by atoms with Gasteiger partial charge in [-0.1, -0.05) is 6.07 Å². The number of nitrogens with one attached hydrogen (secondary N) is 1. The zero-order valence-corrected chi connectivity index (χ0v) is 14.6. The van der Waals surface area contributed by atoms with Crippen molar-refractivity contribution in [2.45, 2.75) is 24.5 Å². The number of carbonyl (C=O) groups is 3. The Hall–Kier alpha value is -1.74. The molecule has 1 aromatic heterocycles. The number of carbonyl (C=O) groups excluding carboxylic acids is 3. The number of piperidine rings is 1. The van der Waals surface area contributed by atoms with E-state index < -0.39 is 32.8 Å². The molecule has 0 spiro atoms. The first-order valence-electron chi connectivity index (χ1n) is 7.73. The molecule has 3 rings (SSSR count). The van der Waals surface area contributed by atoms with Crippen LogP contribution >= 0.6 is 11.3 Å². The fourth-order valence-electron chi connectivity index (χ4n) is 3.17. The molecule has 1 atom stereocenters. The summed E-state index contributed by atoms with van der Waals surface area (Å²) in [5.41, 5.74) is 0. The van der Waals surface area contributed by atoms with Gasteiger partial charge in [0.2, 0.25) is 17.7 Å². The van der Waals surface area contributed by atoms with Crippen LogP contribution in [0.25, 0.3) is 0 Å². The third-order valence-electron chi connectivity index (χ3n) is 4.40. The third kappa shape index (κ3) is 3.51. The van der Waals surface area contributed by atoms with Crippen molar-refractivity contribution in [2.75, 3.05) is 18.8 Å². The van der Waals surface area contributed by atoms with Gasteiger partial charge in [0.05, 0.1) is 16.9 Å². The van der Waals surface area contributed by atoms with Gasteiger partial charge in [-0.15, -0.1) is 11.3 Å². The van der Waals surface area contributed by atoms with Gasteiger partial charge < -0.3 is 4.90 Å². The second kappa shape index (κ2) is 6.64. The predicted octanol–water partition coefficient (Wildman–Crippen LogP) is 0.489.